The zero-order chi connectivity index (χ0) is 72.3. The Bertz CT molecular complexity index is 7660. The molecule has 0 radical (unpaired) electrons. The third-order valence-electron chi connectivity index (χ3n) is 22.8. The molecule has 0 N–H and O–H groups in total. The van der Waals surface area contributed by atoms with Gasteiger partial charge in [-0.1, -0.05) is 322 Å². The van der Waals surface area contributed by atoms with E-state index >= 15 is 0 Å². The molecule has 2 aromatic heterocycles. The molecule has 0 bridgehead atoms. The highest BCUT2D eigenvalue weighted by Gasteiger charge is 2.25. The summed E-state index contributed by atoms with van der Waals surface area (Å²) in [4.78, 5) is 4.87. The molecule has 0 aliphatic carbocycles. The maximum Gasteiger partial charge on any atom is 0.143 e. The molecular weight excluding hydrogens is 1330 g/mol. The van der Waals surface area contributed by atoms with Crippen molar-refractivity contribution in [3.63, 3.8) is 0 Å². The lowest BCUT2D eigenvalue weighted by molar-refractivity contribution is 0.672. The van der Waals surface area contributed by atoms with E-state index in [1.807, 2.05) is 12.1 Å². The summed E-state index contributed by atoms with van der Waals surface area (Å²) < 4.78 is 13.1. The third kappa shape index (κ3) is 10.3. The van der Waals surface area contributed by atoms with E-state index in [-0.39, 0.29) is 0 Å². The molecule has 0 saturated heterocycles. The third-order valence-corrected chi connectivity index (χ3v) is 22.8. The minimum absolute atomic E-state index is 0.895. The number of nitrogens with zero attached hydrogens (tertiary/aromatic N) is 2. The number of benzene rings is 21. The molecule has 0 fully saturated rings. The Morgan fingerprint density at radius 2 is 0.445 bits per heavy atom. The second-order valence-corrected chi connectivity index (χ2v) is 28.9. The number of hydrogen-bond acceptors (Lipinski definition) is 4. The zero-order valence-electron chi connectivity index (χ0n) is 59.8. The first-order valence-electron chi connectivity index (χ1n) is 37.8. The Morgan fingerprint density at radius 3 is 0.936 bits per heavy atom. The lowest BCUT2D eigenvalue weighted by Crippen LogP contribution is -2.11. The van der Waals surface area contributed by atoms with Crippen LogP contribution in [0, 0.1) is 0 Å². The highest BCUT2D eigenvalue weighted by molar-refractivity contribution is 6.24. The van der Waals surface area contributed by atoms with Gasteiger partial charge < -0.3 is 18.6 Å². The van der Waals surface area contributed by atoms with Gasteiger partial charge in [0.25, 0.3) is 0 Å². The molecule has 0 atom stereocenters. The first-order valence-corrected chi connectivity index (χ1v) is 37.8. The molecule has 23 rings (SSSR count). The van der Waals surface area contributed by atoms with Crippen molar-refractivity contribution in [3.8, 4) is 33.4 Å². The molecule has 110 heavy (non-hydrogen) atoms. The smallest absolute Gasteiger partial charge is 0.143 e. The standard InChI is InChI=1S/C56H35NO.C50H31NO/c1-3-15-42-39(13-1)33-51(46-19-6-5-17-44(42)46)38-27-25-36(26-28-38)37-29-31-41(32-30-37)57(53-34-40-14-2-4-16-43(40)45-18-7-8-20-47(45)53)54-35-52-49-22-11-12-24-55(49)58-56(52)50-23-10-9-21-48(50)54;1-3-13-38-32(11-1)21-22-35-29-37(27-28-40(35)38)51(48-31-47-44-18-9-10-20-49(44)52-50(47)45-19-8-7-17-43(45)48)36-25-23-33(24-26-36)46-30-34-12-2-4-14-39(34)41-15-5-6-16-42(41)46/h1-35H;1-31H. The van der Waals surface area contributed by atoms with Crippen molar-refractivity contribution in [1.82, 2.24) is 0 Å². The molecule has 0 spiro atoms. The van der Waals surface area contributed by atoms with Gasteiger partial charge in [-0.15, -0.1) is 0 Å². The fourth-order valence-electron chi connectivity index (χ4n) is 17.6. The van der Waals surface area contributed by atoms with E-state index in [2.05, 4.69) is 398 Å². The number of rotatable bonds is 9. The van der Waals surface area contributed by atoms with Gasteiger partial charge in [-0.05, 0) is 193 Å². The molecule has 21 aromatic carbocycles. The molecule has 0 unspecified atom stereocenters. The van der Waals surface area contributed by atoms with Gasteiger partial charge in [0.1, 0.15) is 22.3 Å². The summed E-state index contributed by atoms with van der Waals surface area (Å²) >= 11 is 0. The van der Waals surface area contributed by atoms with Crippen molar-refractivity contribution in [2.24, 2.45) is 0 Å². The van der Waals surface area contributed by atoms with Gasteiger partial charge in [-0.3, -0.25) is 0 Å². The van der Waals surface area contributed by atoms with Crippen molar-refractivity contribution in [2.75, 3.05) is 9.80 Å². The second kappa shape index (κ2) is 25.6. The maximum atomic E-state index is 6.56. The van der Waals surface area contributed by atoms with Gasteiger partial charge in [-0.25, -0.2) is 0 Å². The van der Waals surface area contributed by atoms with Crippen molar-refractivity contribution >= 4 is 186 Å². The molecule has 0 amide bonds. The summed E-state index contributed by atoms with van der Waals surface area (Å²) in [5, 5.41) is 28.9. The summed E-state index contributed by atoms with van der Waals surface area (Å²) in [6, 6.07) is 145. The normalized spacial score (nSPS) is 11.8. The Hall–Kier alpha value is -14.6. The lowest BCUT2D eigenvalue weighted by Gasteiger charge is -2.29. The highest BCUT2D eigenvalue weighted by atomic mass is 16.3. The summed E-state index contributed by atoms with van der Waals surface area (Å²) in [6.07, 6.45) is 0. The highest BCUT2D eigenvalue weighted by Crippen LogP contribution is 2.50. The van der Waals surface area contributed by atoms with Gasteiger partial charge in [0, 0.05) is 65.5 Å². The number of fused-ring (bicyclic) bond motifs is 22. The molecular formula is C106H66N2O2. The van der Waals surface area contributed by atoms with Crippen molar-refractivity contribution in [2.45, 2.75) is 0 Å². The SMILES string of the molecule is c1ccc2c(c1)cc(-c1ccc(-c3ccc(N(c4cc5ccccc5c5ccccc45)c4cc5c6ccccc6oc5c5ccccc45)cc3)cc1)c1ccccc12.c1ccc2c(c1)ccc1cc(N(c3ccc(-c4cc5ccccc5c5ccccc45)cc3)c3cc4c5ccccc5oc4c4ccccc34)ccc12. The van der Waals surface area contributed by atoms with Crippen LogP contribution in [0.15, 0.2) is 409 Å². The molecule has 0 aliphatic heterocycles. The topological polar surface area (TPSA) is 32.8 Å². The van der Waals surface area contributed by atoms with Gasteiger partial charge >= 0.3 is 0 Å². The van der Waals surface area contributed by atoms with Gasteiger partial charge in [0.05, 0.1) is 17.1 Å². The predicted octanol–water partition coefficient (Wildman–Crippen LogP) is 30.6. The molecule has 4 nitrogen and oxygen atoms in total. The van der Waals surface area contributed by atoms with Crippen molar-refractivity contribution < 1.29 is 8.83 Å². The number of hydrogen-bond donors (Lipinski definition) is 0. The largest absolute Gasteiger partial charge is 0.455 e. The molecule has 0 aliphatic rings. The van der Waals surface area contributed by atoms with Gasteiger partial charge in [-0.2, -0.15) is 0 Å². The quantitative estimate of drug-likeness (QED) is 0.135. The van der Waals surface area contributed by atoms with Crippen LogP contribution < -0.4 is 9.80 Å². The molecule has 0 saturated carbocycles. The van der Waals surface area contributed by atoms with Crippen LogP contribution in [0.25, 0.3) is 185 Å². The fraction of sp³-hybridized carbons (Fsp3) is 0. The molecule has 23 aromatic rings. The Labute approximate surface area is 634 Å². The average Bonchev–Trinajstić information content (AvgIpc) is 1.36. The zero-order valence-corrected chi connectivity index (χ0v) is 59.8. The van der Waals surface area contributed by atoms with Crippen LogP contribution in [0.5, 0.6) is 0 Å². The lowest BCUT2D eigenvalue weighted by atomic mass is 9.92. The number of anilines is 6. The van der Waals surface area contributed by atoms with Crippen LogP contribution in [0.1, 0.15) is 0 Å². The van der Waals surface area contributed by atoms with Gasteiger partial charge in [0.15, 0.2) is 0 Å². The summed E-state index contributed by atoms with van der Waals surface area (Å²) in [7, 11) is 0. The molecule has 4 heteroatoms. The molecule has 512 valence electrons. The van der Waals surface area contributed by atoms with E-state index < -0.39 is 0 Å². The first kappa shape index (κ1) is 62.8. The fourth-order valence-corrected chi connectivity index (χ4v) is 17.6. The van der Waals surface area contributed by atoms with Crippen molar-refractivity contribution in [3.05, 3.63) is 400 Å². The van der Waals surface area contributed by atoms with E-state index in [0.717, 1.165) is 99.5 Å². The Morgan fingerprint density at radius 1 is 0.155 bits per heavy atom. The average molecular weight is 1400 g/mol. The Kier molecular flexibility index (Phi) is 14.6. The second-order valence-electron chi connectivity index (χ2n) is 28.9. The van der Waals surface area contributed by atoms with E-state index in [1.165, 1.54) is 120 Å². The maximum absolute atomic E-state index is 6.56. The summed E-state index contributed by atoms with van der Waals surface area (Å²) in [5.74, 6) is 0. The van der Waals surface area contributed by atoms with Crippen LogP contribution in [-0.2, 0) is 0 Å². The van der Waals surface area contributed by atoms with Crippen LogP contribution in [0.3, 0.4) is 0 Å². The first-order chi connectivity index (χ1) is 54.5. The van der Waals surface area contributed by atoms with E-state index in [0.29, 0.717) is 0 Å². The predicted molar refractivity (Wildman–Crippen MR) is 468 cm³/mol. The van der Waals surface area contributed by atoms with Crippen molar-refractivity contribution in [1.29, 1.82) is 0 Å². The van der Waals surface area contributed by atoms with Crippen LogP contribution in [-0.4, -0.2) is 0 Å². The monoisotopic (exact) mass is 1400 g/mol. The van der Waals surface area contributed by atoms with Crippen LogP contribution in [0.4, 0.5) is 34.1 Å². The van der Waals surface area contributed by atoms with E-state index in [4.69, 9.17) is 8.83 Å². The minimum atomic E-state index is 0.895. The van der Waals surface area contributed by atoms with Crippen LogP contribution in [0.2, 0.25) is 0 Å². The summed E-state index contributed by atoms with van der Waals surface area (Å²) in [6.45, 7) is 0. The van der Waals surface area contributed by atoms with Gasteiger partial charge in [0.2, 0.25) is 0 Å². The minimum Gasteiger partial charge on any atom is -0.455 e. The van der Waals surface area contributed by atoms with E-state index in [1.54, 1.807) is 0 Å². The van der Waals surface area contributed by atoms with E-state index in [9.17, 15) is 0 Å². The molecule has 2 heterocycles. The number of furan rings is 2. The van der Waals surface area contributed by atoms with Crippen LogP contribution >= 0.6 is 0 Å². The Balaban J connectivity index is 0.000000136. The number of para-hydroxylation sites is 2. The summed E-state index contributed by atoms with van der Waals surface area (Å²) in [5.41, 5.74) is 17.5.